The Bertz CT molecular complexity index is 375. The lowest BCUT2D eigenvalue weighted by Crippen LogP contribution is -2.37. The maximum Gasteiger partial charge on any atom is 0.255 e. The number of benzene rings is 1. The molecule has 0 spiro atoms. The number of nitrogens with two attached hydrogens (primary N) is 1. The minimum Gasteiger partial charge on any atom is -0.255 e. The van der Waals surface area contributed by atoms with Crippen molar-refractivity contribution in [2.75, 3.05) is 6.54 Å². The molecule has 0 fully saturated rings. The van der Waals surface area contributed by atoms with Crippen LogP contribution in [0.5, 0.6) is 0 Å². The Balaban J connectivity index is 2.97. The summed E-state index contributed by atoms with van der Waals surface area (Å²) in [4.78, 5) is 0.232. The maximum atomic E-state index is 11.7. The third kappa shape index (κ3) is 2.31. The monoisotopic (exact) mass is 214 g/mol. The molecule has 0 saturated heterocycles. The van der Waals surface area contributed by atoms with Crippen LogP contribution in [0.1, 0.15) is 13.3 Å². The summed E-state index contributed by atoms with van der Waals surface area (Å²) in [6, 6.07) is 8.18. The lowest BCUT2D eigenvalue weighted by Gasteiger charge is -2.15. The molecule has 0 aliphatic heterocycles. The number of rotatable bonds is 4. The van der Waals surface area contributed by atoms with Crippen LogP contribution in [0.15, 0.2) is 35.2 Å². The predicted molar refractivity (Wildman–Crippen MR) is 54.8 cm³/mol. The number of hydrogen-bond acceptors (Lipinski definition) is 3. The van der Waals surface area contributed by atoms with Crippen LogP contribution in [-0.2, 0) is 10.0 Å². The summed E-state index contributed by atoms with van der Waals surface area (Å²) in [6.07, 6.45) is 0.697. The van der Waals surface area contributed by atoms with Crippen LogP contribution in [-0.4, -0.2) is 19.4 Å². The minimum atomic E-state index is -3.49. The van der Waals surface area contributed by atoms with Gasteiger partial charge in [0.2, 0.25) is 0 Å². The number of nitrogens with zero attached hydrogens (tertiary/aromatic N) is 1. The largest absolute Gasteiger partial charge is 0.255 e. The smallest absolute Gasteiger partial charge is 0.255 e. The molecule has 1 aromatic rings. The Kier molecular flexibility index (Phi) is 3.62. The van der Waals surface area contributed by atoms with Gasteiger partial charge in [-0.25, -0.2) is 8.42 Å². The molecule has 14 heavy (non-hydrogen) atoms. The first-order valence-electron chi connectivity index (χ1n) is 4.41. The molecule has 78 valence electrons. The van der Waals surface area contributed by atoms with Crippen LogP contribution in [0.2, 0.25) is 0 Å². The molecule has 5 heteroatoms. The maximum absolute atomic E-state index is 11.7. The molecule has 0 radical (unpaired) electrons. The molecule has 0 heterocycles. The molecule has 0 amide bonds. The van der Waals surface area contributed by atoms with Gasteiger partial charge in [-0.3, -0.25) is 5.84 Å². The molecule has 0 unspecified atom stereocenters. The highest BCUT2D eigenvalue weighted by molar-refractivity contribution is 7.89. The van der Waals surface area contributed by atoms with Gasteiger partial charge in [-0.2, -0.15) is 0 Å². The third-order valence-electron chi connectivity index (χ3n) is 1.79. The zero-order valence-electron chi connectivity index (χ0n) is 8.05. The van der Waals surface area contributed by atoms with E-state index < -0.39 is 10.0 Å². The van der Waals surface area contributed by atoms with Gasteiger partial charge in [0.25, 0.3) is 10.0 Å². The molecule has 0 aromatic heterocycles. The molecule has 4 nitrogen and oxygen atoms in total. The third-order valence-corrected chi connectivity index (χ3v) is 3.46. The van der Waals surface area contributed by atoms with Crippen molar-refractivity contribution in [2.45, 2.75) is 18.2 Å². The Morgan fingerprint density at radius 3 is 2.36 bits per heavy atom. The Labute approximate surface area is 84.4 Å². The van der Waals surface area contributed by atoms with Crippen molar-refractivity contribution in [3.05, 3.63) is 30.3 Å². The van der Waals surface area contributed by atoms with E-state index in [-0.39, 0.29) is 4.90 Å². The summed E-state index contributed by atoms with van der Waals surface area (Å²) < 4.78 is 24.3. The molecule has 0 aliphatic carbocycles. The van der Waals surface area contributed by atoms with Gasteiger partial charge in [-0.1, -0.05) is 25.1 Å². The SMILES string of the molecule is CCCN(N)S(=O)(=O)c1ccccc1. The molecule has 2 N–H and O–H groups in total. The van der Waals surface area contributed by atoms with Crippen molar-refractivity contribution in [3.8, 4) is 0 Å². The van der Waals surface area contributed by atoms with Crippen molar-refractivity contribution >= 4 is 10.0 Å². The summed E-state index contributed by atoms with van der Waals surface area (Å²) >= 11 is 0. The van der Waals surface area contributed by atoms with E-state index in [4.69, 9.17) is 5.84 Å². The number of hydrogen-bond donors (Lipinski definition) is 1. The van der Waals surface area contributed by atoms with Crippen molar-refractivity contribution in [3.63, 3.8) is 0 Å². The standard InChI is InChI=1S/C9H14N2O2S/c1-2-8-11(10)14(12,13)9-6-4-3-5-7-9/h3-7H,2,8,10H2,1H3. The summed E-state index contributed by atoms with van der Waals surface area (Å²) in [5.74, 6) is 5.44. The molecular formula is C9H14N2O2S. The fraction of sp³-hybridized carbons (Fsp3) is 0.333. The first-order valence-corrected chi connectivity index (χ1v) is 5.85. The molecule has 0 bridgehead atoms. The highest BCUT2D eigenvalue weighted by Gasteiger charge is 2.19. The van der Waals surface area contributed by atoms with Crippen molar-refractivity contribution in [1.29, 1.82) is 0 Å². The van der Waals surface area contributed by atoms with Crippen molar-refractivity contribution in [2.24, 2.45) is 5.84 Å². The van der Waals surface area contributed by atoms with Gasteiger partial charge >= 0.3 is 0 Å². The topological polar surface area (TPSA) is 63.4 Å². The quantitative estimate of drug-likeness (QED) is 0.600. The van der Waals surface area contributed by atoms with E-state index in [0.29, 0.717) is 13.0 Å². The van der Waals surface area contributed by atoms with E-state index in [9.17, 15) is 8.42 Å². The zero-order chi connectivity index (χ0) is 10.6. The lowest BCUT2D eigenvalue weighted by atomic mass is 10.4. The van der Waals surface area contributed by atoms with Gasteiger partial charge in [0.05, 0.1) is 4.90 Å². The van der Waals surface area contributed by atoms with E-state index in [1.54, 1.807) is 18.2 Å². The molecule has 0 aliphatic rings. The molecule has 1 rings (SSSR count). The van der Waals surface area contributed by atoms with E-state index in [2.05, 4.69) is 0 Å². The van der Waals surface area contributed by atoms with Crippen LogP contribution in [0.25, 0.3) is 0 Å². The highest BCUT2D eigenvalue weighted by Crippen LogP contribution is 2.11. The summed E-state index contributed by atoms with van der Waals surface area (Å²) in [5.41, 5.74) is 0. The van der Waals surface area contributed by atoms with Crippen molar-refractivity contribution in [1.82, 2.24) is 4.41 Å². The number of hydrazine groups is 1. The molecular weight excluding hydrogens is 200 g/mol. The number of sulfonamides is 1. The van der Waals surface area contributed by atoms with Gasteiger partial charge < -0.3 is 0 Å². The van der Waals surface area contributed by atoms with Gasteiger partial charge in [-0.05, 0) is 18.6 Å². The average molecular weight is 214 g/mol. The van der Waals surface area contributed by atoms with Crippen LogP contribution in [0.3, 0.4) is 0 Å². The van der Waals surface area contributed by atoms with Crippen LogP contribution in [0.4, 0.5) is 0 Å². The zero-order valence-corrected chi connectivity index (χ0v) is 8.87. The van der Waals surface area contributed by atoms with E-state index in [0.717, 1.165) is 4.41 Å². The predicted octanol–water partition coefficient (Wildman–Crippen LogP) is 0.961. The highest BCUT2D eigenvalue weighted by atomic mass is 32.2. The van der Waals surface area contributed by atoms with Gasteiger partial charge in [0, 0.05) is 6.54 Å². The van der Waals surface area contributed by atoms with Gasteiger partial charge in [-0.15, -0.1) is 4.41 Å². The summed E-state index contributed by atoms with van der Waals surface area (Å²) in [6.45, 7) is 2.21. The second-order valence-corrected chi connectivity index (χ2v) is 4.82. The fourth-order valence-electron chi connectivity index (χ4n) is 1.07. The Morgan fingerprint density at radius 2 is 1.86 bits per heavy atom. The van der Waals surface area contributed by atoms with E-state index >= 15 is 0 Å². The average Bonchev–Trinajstić information content (AvgIpc) is 2.19. The summed E-state index contributed by atoms with van der Waals surface area (Å²) in [7, 11) is -3.49. The second-order valence-electron chi connectivity index (χ2n) is 2.93. The van der Waals surface area contributed by atoms with Crippen LogP contribution < -0.4 is 5.84 Å². The normalized spacial score (nSPS) is 11.9. The van der Waals surface area contributed by atoms with Crippen LogP contribution in [0, 0.1) is 0 Å². The molecule has 0 saturated carbocycles. The van der Waals surface area contributed by atoms with E-state index in [1.165, 1.54) is 12.1 Å². The van der Waals surface area contributed by atoms with Crippen molar-refractivity contribution < 1.29 is 8.42 Å². The minimum absolute atomic E-state index is 0.232. The molecule has 0 atom stereocenters. The summed E-state index contributed by atoms with van der Waals surface area (Å²) in [5, 5.41) is 0. The van der Waals surface area contributed by atoms with Gasteiger partial charge in [0.1, 0.15) is 0 Å². The first-order chi connectivity index (χ1) is 6.59. The Morgan fingerprint density at radius 1 is 1.29 bits per heavy atom. The molecule has 1 aromatic carbocycles. The van der Waals surface area contributed by atoms with Gasteiger partial charge in [0.15, 0.2) is 0 Å². The first kappa shape index (κ1) is 11.2. The van der Waals surface area contributed by atoms with E-state index in [1.807, 2.05) is 6.92 Å². The Hall–Kier alpha value is -0.910. The fourth-order valence-corrected chi connectivity index (χ4v) is 2.26. The lowest BCUT2D eigenvalue weighted by molar-refractivity contribution is 0.425. The second kappa shape index (κ2) is 4.54. The van der Waals surface area contributed by atoms with Crippen LogP contribution >= 0.6 is 0 Å².